The SMILES string of the molecule is NC1=NC=C(CCCCCCOc2ccccc2)CS1. The summed E-state index contributed by atoms with van der Waals surface area (Å²) < 4.78 is 5.67. The van der Waals surface area contributed by atoms with Crippen LogP contribution in [0.3, 0.4) is 0 Å². The number of ether oxygens (including phenoxy) is 1. The van der Waals surface area contributed by atoms with Gasteiger partial charge in [-0.1, -0.05) is 42.8 Å². The van der Waals surface area contributed by atoms with E-state index in [4.69, 9.17) is 10.5 Å². The zero-order chi connectivity index (χ0) is 14.0. The van der Waals surface area contributed by atoms with E-state index in [1.54, 1.807) is 11.8 Å². The number of hydrogen-bond acceptors (Lipinski definition) is 4. The molecule has 1 aromatic carbocycles. The molecule has 2 N–H and O–H groups in total. The molecule has 108 valence electrons. The third-order valence-electron chi connectivity index (χ3n) is 3.18. The van der Waals surface area contributed by atoms with Crippen LogP contribution in [0, 0.1) is 0 Å². The molecule has 3 nitrogen and oxygen atoms in total. The minimum atomic E-state index is 0.687. The molecule has 20 heavy (non-hydrogen) atoms. The van der Waals surface area contributed by atoms with Crippen LogP contribution in [0.1, 0.15) is 32.1 Å². The monoisotopic (exact) mass is 290 g/mol. The second-order valence-corrected chi connectivity index (χ2v) is 5.86. The summed E-state index contributed by atoms with van der Waals surface area (Å²) in [6, 6.07) is 10.0. The van der Waals surface area contributed by atoms with Crippen molar-refractivity contribution in [2.75, 3.05) is 12.4 Å². The van der Waals surface area contributed by atoms with Crippen molar-refractivity contribution < 1.29 is 4.74 Å². The van der Waals surface area contributed by atoms with Gasteiger partial charge in [0.15, 0.2) is 5.17 Å². The predicted octanol–water partition coefficient (Wildman–Crippen LogP) is 3.96. The average Bonchev–Trinajstić information content (AvgIpc) is 2.49. The first kappa shape index (κ1) is 15.0. The van der Waals surface area contributed by atoms with Crippen molar-refractivity contribution in [3.05, 3.63) is 42.1 Å². The van der Waals surface area contributed by atoms with Gasteiger partial charge in [0.05, 0.1) is 6.61 Å². The molecule has 0 unspecified atom stereocenters. The molecule has 0 saturated heterocycles. The van der Waals surface area contributed by atoms with Gasteiger partial charge in [0.2, 0.25) is 0 Å². The van der Waals surface area contributed by atoms with Crippen molar-refractivity contribution in [3.8, 4) is 5.75 Å². The van der Waals surface area contributed by atoms with Crippen molar-refractivity contribution >= 4 is 16.9 Å². The summed E-state index contributed by atoms with van der Waals surface area (Å²) >= 11 is 1.64. The molecule has 1 heterocycles. The van der Waals surface area contributed by atoms with Gasteiger partial charge in [-0.05, 0) is 37.0 Å². The Morgan fingerprint density at radius 3 is 2.65 bits per heavy atom. The van der Waals surface area contributed by atoms with Crippen molar-refractivity contribution in [2.45, 2.75) is 32.1 Å². The second-order valence-electron chi connectivity index (χ2n) is 4.87. The zero-order valence-electron chi connectivity index (χ0n) is 11.8. The van der Waals surface area contributed by atoms with Crippen LogP contribution in [0.2, 0.25) is 0 Å². The molecular formula is C16H22N2OS. The maximum Gasteiger partial charge on any atom is 0.158 e. The number of nitrogens with zero attached hydrogens (tertiary/aromatic N) is 1. The molecule has 4 heteroatoms. The lowest BCUT2D eigenvalue weighted by molar-refractivity contribution is 0.304. The third kappa shape index (κ3) is 5.70. The van der Waals surface area contributed by atoms with Crippen LogP contribution in [0.25, 0.3) is 0 Å². The first-order valence-electron chi connectivity index (χ1n) is 7.16. The molecule has 2 rings (SSSR count). The highest BCUT2D eigenvalue weighted by atomic mass is 32.2. The van der Waals surface area contributed by atoms with Gasteiger partial charge in [-0.2, -0.15) is 0 Å². The van der Waals surface area contributed by atoms with Crippen LogP contribution >= 0.6 is 11.8 Å². The standard InChI is InChI=1S/C16H22N2OS/c17-16-18-12-14(13-20-16)8-4-1-2-7-11-19-15-9-5-3-6-10-15/h3,5-6,9-10,12H,1-2,4,7-8,11,13H2,(H2,17,18). The summed E-state index contributed by atoms with van der Waals surface area (Å²) in [5.41, 5.74) is 7.02. The third-order valence-corrected chi connectivity index (χ3v) is 4.10. The lowest BCUT2D eigenvalue weighted by Gasteiger charge is -2.10. The van der Waals surface area contributed by atoms with E-state index in [1.807, 2.05) is 36.5 Å². The van der Waals surface area contributed by atoms with Gasteiger partial charge in [0, 0.05) is 12.0 Å². The Balaban J connectivity index is 1.48. The molecule has 0 aliphatic carbocycles. The Kier molecular flexibility index (Phi) is 6.51. The molecule has 0 atom stereocenters. The van der Waals surface area contributed by atoms with Gasteiger partial charge in [-0.15, -0.1) is 0 Å². The highest BCUT2D eigenvalue weighted by Gasteiger charge is 2.05. The van der Waals surface area contributed by atoms with E-state index in [0.29, 0.717) is 5.17 Å². The number of amidine groups is 1. The van der Waals surface area contributed by atoms with E-state index in [-0.39, 0.29) is 0 Å². The largest absolute Gasteiger partial charge is 0.494 e. The number of nitrogens with two attached hydrogens (primary N) is 1. The molecule has 0 aromatic heterocycles. The van der Waals surface area contributed by atoms with E-state index >= 15 is 0 Å². The Labute approximate surface area is 125 Å². The van der Waals surface area contributed by atoms with Crippen LogP contribution in [0.15, 0.2) is 47.1 Å². The van der Waals surface area contributed by atoms with Gasteiger partial charge in [0.25, 0.3) is 0 Å². The van der Waals surface area contributed by atoms with Crippen LogP contribution in [0.4, 0.5) is 0 Å². The minimum absolute atomic E-state index is 0.687. The second kappa shape index (κ2) is 8.69. The molecule has 0 amide bonds. The fourth-order valence-electron chi connectivity index (χ4n) is 2.05. The molecule has 0 bridgehead atoms. The normalized spacial score (nSPS) is 14.6. The molecule has 0 radical (unpaired) electrons. The lowest BCUT2D eigenvalue weighted by atomic mass is 10.1. The van der Waals surface area contributed by atoms with Crippen molar-refractivity contribution in [2.24, 2.45) is 10.7 Å². The number of benzene rings is 1. The summed E-state index contributed by atoms with van der Waals surface area (Å²) in [6.07, 6.45) is 7.90. The summed E-state index contributed by atoms with van der Waals surface area (Å²) in [5.74, 6) is 1.97. The van der Waals surface area contributed by atoms with Gasteiger partial charge >= 0.3 is 0 Å². The molecule has 1 aliphatic rings. The highest BCUT2D eigenvalue weighted by molar-refractivity contribution is 8.14. The molecule has 1 aliphatic heterocycles. The van der Waals surface area contributed by atoms with Crippen molar-refractivity contribution in [3.63, 3.8) is 0 Å². The van der Waals surface area contributed by atoms with E-state index in [0.717, 1.165) is 31.0 Å². The van der Waals surface area contributed by atoms with Gasteiger partial charge < -0.3 is 10.5 Å². The number of unbranched alkanes of at least 4 members (excludes halogenated alkanes) is 3. The number of thioether (sulfide) groups is 1. The predicted molar refractivity (Wildman–Crippen MR) is 87.2 cm³/mol. The number of rotatable bonds is 8. The molecular weight excluding hydrogens is 268 g/mol. The van der Waals surface area contributed by atoms with Crippen molar-refractivity contribution in [1.82, 2.24) is 0 Å². The van der Waals surface area contributed by atoms with Crippen LogP contribution in [-0.4, -0.2) is 17.5 Å². The van der Waals surface area contributed by atoms with E-state index in [2.05, 4.69) is 4.99 Å². The van der Waals surface area contributed by atoms with Crippen LogP contribution in [-0.2, 0) is 0 Å². The molecule has 0 spiro atoms. The average molecular weight is 290 g/mol. The zero-order valence-corrected chi connectivity index (χ0v) is 12.6. The lowest BCUT2D eigenvalue weighted by Crippen LogP contribution is -2.10. The fraction of sp³-hybridized carbons (Fsp3) is 0.438. The van der Waals surface area contributed by atoms with E-state index < -0.39 is 0 Å². The quantitative estimate of drug-likeness (QED) is 0.737. The summed E-state index contributed by atoms with van der Waals surface area (Å²) in [6.45, 7) is 0.809. The maximum absolute atomic E-state index is 5.67. The summed E-state index contributed by atoms with van der Waals surface area (Å²) in [7, 11) is 0. The molecule has 0 fully saturated rings. The Morgan fingerprint density at radius 2 is 1.90 bits per heavy atom. The van der Waals surface area contributed by atoms with E-state index in [9.17, 15) is 0 Å². The fourth-order valence-corrected chi connectivity index (χ4v) is 2.73. The van der Waals surface area contributed by atoms with E-state index in [1.165, 1.54) is 24.8 Å². The first-order chi connectivity index (χ1) is 9.84. The Hall–Kier alpha value is -1.42. The van der Waals surface area contributed by atoms with Crippen molar-refractivity contribution in [1.29, 1.82) is 0 Å². The van der Waals surface area contributed by atoms with Gasteiger partial charge in [0.1, 0.15) is 5.75 Å². The number of hydrogen-bond donors (Lipinski definition) is 1. The highest BCUT2D eigenvalue weighted by Crippen LogP contribution is 2.19. The van der Waals surface area contributed by atoms with Crippen LogP contribution < -0.4 is 10.5 Å². The summed E-state index contributed by atoms with van der Waals surface area (Å²) in [4.78, 5) is 4.15. The Morgan fingerprint density at radius 1 is 1.10 bits per heavy atom. The first-order valence-corrected chi connectivity index (χ1v) is 8.15. The topological polar surface area (TPSA) is 47.6 Å². The number of aliphatic imine (C=N–C) groups is 1. The molecule has 0 saturated carbocycles. The Bertz CT molecular complexity index is 457. The molecule has 1 aromatic rings. The van der Waals surface area contributed by atoms with Crippen LogP contribution in [0.5, 0.6) is 5.75 Å². The minimum Gasteiger partial charge on any atom is -0.494 e. The smallest absolute Gasteiger partial charge is 0.158 e. The maximum atomic E-state index is 5.67. The van der Waals surface area contributed by atoms with Gasteiger partial charge in [-0.25, -0.2) is 4.99 Å². The van der Waals surface area contributed by atoms with Gasteiger partial charge in [-0.3, -0.25) is 0 Å². The summed E-state index contributed by atoms with van der Waals surface area (Å²) in [5, 5.41) is 0.687. The number of para-hydroxylation sites is 1.